The molecule has 86 valence electrons. The second-order valence-electron chi connectivity index (χ2n) is 3.82. The van der Waals surface area contributed by atoms with Crippen LogP contribution in [-0.4, -0.2) is 29.1 Å². The van der Waals surface area contributed by atoms with Crippen LogP contribution in [0.5, 0.6) is 0 Å². The van der Waals surface area contributed by atoms with E-state index in [4.69, 9.17) is 22.1 Å². The zero-order valence-corrected chi connectivity index (χ0v) is 9.41. The quantitative estimate of drug-likeness (QED) is 0.792. The molecule has 2 heterocycles. The van der Waals surface area contributed by atoms with Crippen molar-refractivity contribution in [2.75, 3.05) is 13.2 Å². The second-order valence-corrected chi connectivity index (χ2v) is 4.16. The van der Waals surface area contributed by atoms with E-state index in [1.807, 2.05) is 0 Å². The van der Waals surface area contributed by atoms with Gasteiger partial charge in [0.1, 0.15) is 5.69 Å². The van der Waals surface area contributed by atoms with Crippen LogP contribution in [-0.2, 0) is 11.2 Å². The van der Waals surface area contributed by atoms with Gasteiger partial charge in [-0.2, -0.15) is 0 Å². The molecular formula is C10H12ClN3O2. The van der Waals surface area contributed by atoms with Crippen molar-refractivity contribution in [2.45, 2.75) is 12.8 Å². The van der Waals surface area contributed by atoms with E-state index in [0.717, 1.165) is 31.6 Å². The van der Waals surface area contributed by atoms with Crippen molar-refractivity contribution in [3.05, 3.63) is 22.7 Å². The molecule has 0 unspecified atom stereocenters. The lowest BCUT2D eigenvalue weighted by atomic mass is 9.98. The highest BCUT2D eigenvalue weighted by atomic mass is 35.5. The number of rotatable bonds is 4. The maximum atomic E-state index is 11.2. The topological polar surface area (TPSA) is 78.1 Å². The van der Waals surface area contributed by atoms with Gasteiger partial charge in [-0.15, -0.1) is 0 Å². The van der Waals surface area contributed by atoms with Gasteiger partial charge in [-0.05, 0) is 24.4 Å². The van der Waals surface area contributed by atoms with Crippen molar-refractivity contribution in [3.8, 4) is 0 Å². The number of amides is 1. The normalized spacial score (nSPS) is 15.8. The number of aryl methyl sites for hydroxylation is 1. The molecule has 0 radical (unpaired) electrons. The summed E-state index contributed by atoms with van der Waals surface area (Å²) in [6, 6.07) is 0. The largest absolute Gasteiger partial charge is 0.381 e. The Morgan fingerprint density at radius 1 is 1.62 bits per heavy atom. The van der Waals surface area contributed by atoms with Crippen molar-refractivity contribution in [1.29, 1.82) is 0 Å². The number of carbonyl (C=O) groups excluding carboxylic acids is 1. The average Bonchev–Trinajstić information content (AvgIpc) is 2.17. The molecule has 0 atom stereocenters. The predicted molar refractivity (Wildman–Crippen MR) is 58.2 cm³/mol. The van der Waals surface area contributed by atoms with Gasteiger partial charge >= 0.3 is 0 Å². The number of nitrogens with two attached hydrogens (primary N) is 1. The number of aromatic nitrogens is 2. The van der Waals surface area contributed by atoms with E-state index in [1.54, 1.807) is 6.20 Å². The zero-order chi connectivity index (χ0) is 11.5. The third-order valence-electron chi connectivity index (χ3n) is 2.60. The monoisotopic (exact) mass is 241 g/mol. The molecule has 1 fully saturated rings. The van der Waals surface area contributed by atoms with Gasteiger partial charge in [-0.25, -0.2) is 9.97 Å². The smallest absolute Gasteiger partial charge is 0.267 e. The third kappa shape index (κ3) is 2.48. The van der Waals surface area contributed by atoms with E-state index in [0.29, 0.717) is 5.92 Å². The van der Waals surface area contributed by atoms with Crippen molar-refractivity contribution in [2.24, 2.45) is 11.7 Å². The fourth-order valence-electron chi connectivity index (χ4n) is 1.59. The highest BCUT2D eigenvalue weighted by molar-refractivity contribution is 6.28. The number of hydrogen-bond acceptors (Lipinski definition) is 4. The molecule has 0 spiro atoms. The number of nitrogens with zero attached hydrogens (tertiary/aromatic N) is 2. The summed E-state index contributed by atoms with van der Waals surface area (Å²) in [5, 5.41) is 0.0459. The van der Waals surface area contributed by atoms with E-state index < -0.39 is 5.91 Å². The molecule has 0 aromatic carbocycles. The fourth-order valence-corrected chi connectivity index (χ4v) is 1.73. The third-order valence-corrected chi connectivity index (χ3v) is 2.78. The molecule has 16 heavy (non-hydrogen) atoms. The molecule has 1 aliphatic rings. The Morgan fingerprint density at radius 2 is 2.38 bits per heavy atom. The molecule has 1 aromatic rings. The Kier molecular flexibility index (Phi) is 3.36. The zero-order valence-electron chi connectivity index (χ0n) is 8.65. The molecule has 6 heteroatoms. The second kappa shape index (κ2) is 4.76. The molecule has 0 saturated carbocycles. The summed E-state index contributed by atoms with van der Waals surface area (Å²) < 4.78 is 5.08. The van der Waals surface area contributed by atoms with Crippen LogP contribution in [0.1, 0.15) is 22.5 Å². The number of primary amides is 1. The predicted octanol–water partition coefficient (Wildman–Crippen LogP) is 0.808. The molecule has 1 amide bonds. The first kappa shape index (κ1) is 11.3. The Morgan fingerprint density at radius 3 is 2.94 bits per heavy atom. The standard InChI is InChI=1S/C10H12ClN3O2/c11-10-13-3-7(8(14-10)9(12)15)2-1-6-4-16-5-6/h3,6H,1-2,4-5H2,(H2,12,15). The van der Waals surface area contributed by atoms with Gasteiger partial charge in [0.2, 0.25) is 5.28 Å². The minimum absolute atomic E-state index is 0.0459. The molecule has 1 saturated heterocycles. The van der Waals surface area contributed by atoms with Crippen LogP contribution in [0.4, 0.5) is 0 Å². The Bertz CT molecular complexity index is 407. The van der Waals surface area contributed by atoms with Crippen LogP contribution in [0, 0.1) is 5.92 Å². The van der Waals surface area contributed by atoms with Crippen molar-refractivity contribution < 1.29 is 9.53 Å². The summed E-state index contributed by atoms with van der Waals surface area (Å²) >= 11 is 5.61. The molecule has 1 aromatic heterocycles. The average molecular weight is 242 g/mol. The van der Waals surface area contributed by atoms with E-state index in [-0.39, 0.29) is 11.0 Å². The first-order chi connectivity index (χ1) is 7.66. The first-order valence-corrected chi connectivity index (χ1v) is 5.43. The number of ether oxygens (including phenoxy) is 1. The van der Waals surface area contributed by atoms with E-state index >= 15 is 0 Å². The Hall–Kier alpha value is -1.20. The molecule has 2 N–H and O–H groups in total. The maximum absolute atomic E-state index is 11.2. The van der Waals surface area contributed by atoms with E-state index in [9.17, 15) is 4.79 Å². The summed E-state index contributed by atoms with van der Waals surface area (Å²) in [4.78, 5) is 18.9. The summed E-state index contributed by atoms with van der Waals surface area (Å²) in [7, 11) is 0. The molecular weight excluding hydrogens is 230 g/mol. The summed E-state index contributed by atoms with van der Waals surface area (Å²) in [6.07, 6.45) is 3.24. The van der Waals surface area contributed by atoms with Crippen LogP contribution in [0.2, 0.25) is 5.28 Å². The molecule has 2 rings (SSSR count). The molecule has 0 aliphatic carbocycles. The molecule has 5 nitrogen and oxygen atoms in total. The highest BCUT2D eigenvalue weighted by Gasteiger charge is 2.19. The van der Waals surface area contributed by atoms with E-state index in [1.165, 1.54) is 0 Å². The van der Waals surface area contributed by atoms with Gasteiger partial charge in [0, 0.05) is 17.7 Å². The van der Waals surface area contributed by atoms with Crippen LogP contribution < -0.4 is 5.73 Å². The number of carbonyl (C=O) groups is 1. The maximum Gasteiger partial charge on any atom is 0.267 e. The van der Waals surface area contributed by atoms with Gasteiger partial charge in [0.15, 0.2) is 0 Å². The highest BCUT2D eigenvalue weighted by Crippen LogP contribution is 2.18. The van der Waals surface area contributed by atoms with Gasteiger partial charge in [-0.1, -0.05) is 0 Å². The van der Waals surface area contributed by atoms with Crippen LogP contribution in [0.3, 0.4) is 0 Å². The van der Waals surface area contributed by atoms with Crippen molar-refractivity contribution >= 4 is 17.5 Å². The van der Waals surface area contributed by atoms with Crippen molar-refractivity contribution in [3.63, 3.8) is 0 Å². The molecule has 1 aliphatic heterocycles. The number of halogens is 1. The SMILES string of the molecule is NC(=O)c1nc(Cl)ncc1CCC1COC1. The minimum Gasteiger partial charge on any atom is -0.381 e. The first-order valence-electron chi connectivity index (χ1n) is 5.06. The van der Waals surface area contributed by atoms with Gasteiger partial charge in [0.05, 0.1) is 13.2 Å². The van der Waals surface area contributed by atoms with E-state index in [2.05, 4.69) is 9.97 Å². The van der Waals surface area contributed by atoms with Crippen molar-refractivity contribution in [1.82, 2.24) is 9.97 Å². The lowest BCUT2D eigenvalue weighted by Crippen LogP contribution is -2.28. The van der Waals surface area contributed by atoms with Crippen LogP contribution in [0.15, 0.2) is 6.20 Å². The van der Waals surface area contributed by atoms with Gasteiger partial charge in [0.25, 0.3) is 5.91 Å². The lowest BCUT2D eigenvalue weighted by molar-refractivity contribution is -0.0352. The molecule has 0 bridgehead atoms. The van der Waals surface area contributed by atoms with Crippen LogP contribution >= 0.6 is 11.6 Å². The van der Waals surface area contributed by atoms with Gasteiger partial charge in [-0.3, -0.25) is 4.79 Å². The summed E-state index contributed by atoms with van der Waals surface area (Å²) in [6.45, 7) is 1.58. The summed E-state index contributed by atoms with van der Waals surface area (Å²) in [5.74, 6) is 0.000522. The Balaban J connectivity index is 2.08. The lowest BCUT2D eigenvalue weighted by Gasteiger charge is -2.25. The van der Waals surface area contributed by atoms with Gasteiger partial charge < -0.3 is 10.5 Å². The fraction of sp³-hybridized carbons (Fsp3) is 0.500. The number of hydrogen-bond donors (Lipinski definition) is 1. The minimum atomic E-state index is -0.566. The van der Waals surface area contributed by atoms with Crippen LogP contribution in [0.25, 0.3) is 0 Å². The summed E-state index contributed by atoms with van der Waals surface area (Å²) in [5.41, 5.74) is 6.20. The Labute approximate surface area is 98.0 Å².